The Labute approximate surface area is 169 Å². The van der Waals surface area contributed by atoms with Crippen LogP contribution < -0.4 is 19.5 Å². The molecule has 0 bridgehead atoms. The van der Waals surface area contributed by atoms with Crippen LogP contribution in [0.3, 0.4) is 0 Å². The fraction of sp³-hybridized carbons (Fsp3) is 0.381. The molecule has 146 valence electrons. The molecule has 0 fully saturated rings. The van der Waals surface area contributed by atoms with Crippen LogP contribution in [0.4, 0.5) is 0 Å². The average Bonchev–Trinajstić information content (AvgIpc) is 2.67. The molecule has 0 aromatic heterocycles. The number of ether oxygens (including phenoxy) is 3. The highest BCUT2D eigenvalue weighted by atomic mass is 79.9. The lowest BCUT2D eigenvalue weighted by Gasteiger charge is -2.23. The van der Waals surface area contributed by atoms with E-state index >= 15 is 0 Å². The lowest BCUT2D eigenvalue weighted by molar-refractivity contribution is -0.121. The maximum atomic E-state index is 12.7. The summed E-state index contributed by atoms with van der Waals surface area (Å²) in [5.41, 5.74) is 1.88. The molecule has 0 aliphatic carbocycles. The lowest BCUT2D eigenvalue weighted by Crippen LogP contribution is -2.32. The van der Waals surface area contributed by atoms with Gasteiger partial charge >= 0.3 is 0 Å². The molecule has 0 aliphatic rings. The standard InChI is InChI=1S/C21H26BrNO4/c1-13(2)21(14-6-8-16(25-3)9-7-14)23-20(24)11-15-10-18(26-4)19(27-5)12-17(15)22/h6-10,12-13,21H,11H2,1-5H3,(H,23,24)/t21-/m0/s1. The van der Waals surface area contributed by atoms with Gasteiger partial charge in [-0.1, -0.05) is 41.9 Å². The summed E-state index contributed by atoms with van der Waals surface area (Å²) in [7, 11) is 4.80. The van der Waals surface area contributed by atoms with Gasteiger partial charge in [0.1, 0.15) is 5.75 Å². The molecule has 1 amide bonds. The minimum Gasteiger partial charge on any atom is -0.497 e. The van der Waals surface area contributed by atoms with Crippen molar-refractivity contribution in [3.63, 3.8) is 0 Å². The first-order chi connectivity index (χ1) is 12.9. The van der Waals surface area contributed by atoms with Crippen molar-refractivity contribution in [3.8, 4) is 17.2 Å². The molecule has 27 heavy (non-hydrogen) atoms. The number of carbonyl (C=O) groups is 1. The molecule has 0 heterocycles. The van der Waals surface area contributed by atoms with Crippen LogP contribution in [0.5, 0.6) is 17.2 Å². The van der Waals surface area contributed by atoms with Crippen LogP contribution in [0.25, 0.3) is 0 Å². The van der Waals surface area contributed by atoms with E-state index in [0.717, 1.165) is 21.3 Å². The molecule has 0 unspecified atom stereocenters. The zero-order chi connectivity index (χ0) is 20.0. The predicted molar refractivity (Wildman–Crippen MR) is 110 cm³/mol. The van der Waals surface area contributed by atoms with E-state index in [1.165, 1.54) is 0 Å². The van der Waals surface area contributed by atoms with E-state index < -0.39 is 0 Å². The normalized spacial score (nSPS) is 11.8. The zero-order valence-corrected chi connectivity index (χ0v) is 17.9. The molecule has 0 aliphatic heterocycles. The number of hydrogen-bond donors (Lipinski definition) is 1. The van der Waals surface area contributed by atoms with Gasteiger partial charge in [-0.15, -0.1) is 0 Å². The first-order valence-electron chi connectivity index (χ1n) is 8.73. The topological polar surface area (TPSA) is 56.8 Å². The predicted octanol–water partition coefficient (Wildman–Crippen LogP) is 4.53. The van der Waals surface area contributed by atoms with Gasteiger partial charge in [-0.3, -0.25) is 4.79 Å². The van der Waals surface area contributed by atoms with Crippen molar-refractivity contribution in [2.45, 2.75) is 26.3 Å². The highest BCUT2D eigenvalue weighted by Gasteiger charge is 2.20. The third-order valence-electron chi connectivity index (χ3n) is 4.36. The summed E-state index contributed by atoms with van der Waals surface area (Å²) < 4.78 is 16.6. The summed E-state index contributed by atoms with van der Waals surface area (Å²) in [5.74, 6) is 2.20. The van der Waals surface area contributed by atoms with Crippen LogP contribution in [-0.4, -0.2) is 27.2 Å². The number of halogens is 1. The van der Waals surface area contributed by atoms with Crippen molar-refractivity contribution in [1.82, 2.24) is 5.32 Å². The minimum atomic E-state index is -0.0812. The highest BCUT2D eigenvalue weighted by Crippen LogP contribution is 2.33. The van der Waals surface area contributed by atoms with E-state index in [0.29, 0.717) is 11.5 Å². The molecule has 2 rings (SSSR count). The van der Waals surface area contributed by atoms with Gasteiger partial charge in [0, 0.05) is 4.47 Å². The van der Waals surface area contributed by atoms with E-state index in [1.54, 1.807) is 21.3 Å². The Morgan fingerprint density at radius 1 is 1.00 bits per heavy atom. The fourth-order valence-corrected chi connectivity index (χ4v) is 3.34. The number of methoxy groups -OCH3 is 3. The second-order valence-electron chi connectivity index (χ2n) is 6.54. The van der Waals surface area contributed by atoms with Crippen LogP contribution in [0.2, 0.25) is 0 Å². The molecule has 0 saturated heterocycles. The molecular weight excluding hydrogens is 410 g/mol. The van der Waals surface area contributed by atoms with E-state index in [4.69, 9.17) is 14.2 Å². The van der Waals surface area contributed by atoms with Crippen molar-refractivity contribution in [3.05, 3.63) is 52.0 Å². The Hall–Kier alpha value is -2.21. The van der Waals surface area contributed by atoms with Gasteiger partial charge in [-0.25, -0.2) is 0 Å². The smallest absolute Gasteiger partial charge is 0.224 e. The van der Waals surface area contributed by atoms with Gasteiger partial charge in [-0.05, 0) is 41.3 Å². The van der Waals surface area contributed by atoms with E-state index in [1.807, 2.05) is 36.4 Å². The summed E-state index contributed by atoms with van der Waals surface area (Å²) in [6.45, 7) is 4.17. The molecule has 0 spiro atoms. The molecule has 2 aromatic carbocycles. The second kappa shape index (κ2) is 9.65. The molecule has 1 atom stereocenters. The number of amides is 1. The number of benzene rings is 2. The average molecular weight is 436 g/mol. The van der Waals surface area contributed by atoms with Crippen molar-refractivity contribution in [1.29, 1.82) is 0 Å². The van der Waals surface area contributed by atoms with Gasteiger partial charge in [0.2, 0.25) is 5.91 Å². The quantitative estimate of drug-likeness (QED) is 0.661. The largest absolute Gasteiger partial charge is 0.497 e. The fourth-order valence-electron chi connectivity index (χ4n) is 2.88. The van der Waals surface area contributed by atoms with Crippen molar-refractivity contribution < 1.29 is 19.0 Å². The summed E-state index contributed by atoms with van der Waals surface area (Å²) >= 11 is 3.51. The molecule has 5 nitrogen and oxygen atoms in total. The van der Waals surface area contributed by atoms with Crippen LogP contribution in [0, 0.1) is 5.92 Å². The van der Waals surface area contributed by atoms with Crippen LogP contribution >= 0.6 is 15.9 Å². The summed E-state index contributed by atoms with van der Waals surface area (Å²) in [4.78, 5) is 12.7. The van der Waals surface area contributed by atoms with Crippen LogP contribution in [0.15, 0.2) is 40.9 Å². The second-order valence-corrected chi connectivity index (χ2v) is 7.39. The van der Waals surface area contributed by atoms with Crippen molar-refractivity contribution in [2.75, 3.05) is 21.3 Å². The maximum absolute atomic E-state index is 12.7. The number of rotatable bonds is 8. The van der Waals surface area contributed by atoms with E-state index in [9.17, 15) is 4.79 Å². The van der Waals surface area contributed by atoms with Gasteiger partial charge in [0.25, 0.3) is 0 Å². The molecule has 1 N–H and O–H groups in total. The van der Waals surface area contributed by atoms with E-state index in [-0.39, 0.29) is 24.3 Å². The molecule has 6 heteroatoms. The maximum Gasteiger partial charge on any atom is 0.224 e. The number of carbonyl (C=O) groups excluding carboxylic acids is 1. The first-order valence-corrected chi connectivity index (χ1v) is 9.52. The summed E-state index contributed by atoms with van der Waals surface area (Å²) in [6, 6.07) is 11.3. The third kappa shape index (κ3) is 5.39. The van der Waals surface area contributed by atoms with Gasteiger partial charge < -0.3 is 19.5 Å². The summed E-state index contributed by atoms with van der Waals surface area (Å²) in [6.07, 6.45) is 0.236. The monoisotopic (exact) mass is 435 g/mol. The zero-order valence-electron chi connectivity index (χ0n) is 16.3. The number of nitrogens with one attached hydrogen (secondary N) is 1. The SMILES string of the molecule is COc1ccc([C@@H](NC(=O)Cc2cc(OC)c(OC)cc2Br)C(C)C)cc1. The Balaban J connectivity index is 2.16. The Morgan fingerprint density at radius 2 is 1.59 bits per heavy atom. The highest BCUT2D eigenvalue weighted by molar-refractivity contribution is 9.10. The Bertz CT molecular complexity index is 774. The first kappa shape index (κ1) is 21.1. The third-order valence-corrected chi connectivity index (χ3v) is 5.10. The van der Waals surface area contributed by atoms with Crippen molar-refractivity contribution >= 4 is 21.8 Å². The minimum absolute atomic E-state index is 0.0579. The molecule has 0 radical (unpaired) electrons. The lowest BCUT2D eigenvalue weighted by atomic mass is 9.95. The molecule has 2 aromatic rings. The Morgan fingerprint density at radius 3 is 2.11 bits per heavy atom. The van der Waals surface area contributed by atoms with Crippen molar-refractivity contribution in [2.24, 2.45) is 5.92 Å². The Kier molecular flexibility index (Phi) is 7.54. The van der Waals surface area contributed by atoms with Crippen LogP contribution in [0.1, 0.15) is 31.0 Å². The van der Waals surface area contributed by atoms with Gasteiger partial charge in [0.15, 0.2) is 11.5 Å². The van der Waals surface area contributed by atoms with Crippen LogP contribution in [-0.2, 0) is 11.2 Å². The van der Waals surface area contributed by atoms with Gasteiger partial charge in [-0.2, -0.15) is 0 Å². The van der Waals surface area contributed by atoms with E-state index in [2.05, 4.69) is 35.1 Å². The van der Waals surface area contributed by atoms with Gasteiger partial charge in [0.05, 0.1) is 33.8 Å². The number of hydrogen-bond acceptors (Lipinski definition) is 4. The summed E-state index contributed by atoms with van der Waals surface area (Å²) in [5, 5.41) is 3.14. The molecular formula is C21H26BrNO4. The molecule has 0 saturated carbocycles.